The van der Waals surface area contributed by atoms with Crippen molar-refractivity contribution in [3.63, 3.8) is 0 Å². The number of fused-ring (bicyclic) bond motifs is 2. The summed E-state index contributed by atoms with van der Waals surface area (Å²) in [7, 11) is 0. The molecule has 0 spiro atoms. The lowest BCUT2D eigenvalue weighted by atomic mass is 10.0. The Bertz CT molecular complexity index is 1230. The largest absolute Gasteiger partial charge is 0.356 e. The third kappa shape index (κ3) is 11.3. The number of carbonyl (C=O) groups is 3. The molecule has 4 N–H and O–H groups in total. The Balaban J connectivity index is 1.07. The molecule has 0 aromatic carbocycles. The van der Waals surface area contributed by atoms with Gasteiger partial charge in [-0.3, -0.25) is 9.59 Å². The van der Waals surface area contributed by atoms with Gasteiger partial charge in [-0.2, -0.15) is 11.8 Å². The van der Waals surface area contributed by atoms with Gasteiger partial charge in [0.2, 0.25) is 11.8 Å². The molecule has 0 bridgehead atoms. The number of halogens is 1. The lowest BCUT2D eigenvalue weighted by Crippen LogP contribution is -2.36. The van der Waals surface area contributed by atoms with E-state index in [0.717, 1.165) is 63.5 Å². The van der Waals surface area contributed by atoms with E-state index < -0.39 is 0 Å². The van der Waals surface area contributed by atoms with Crippen LogP contribution in [-0.2, 0) is 9.59 Å². The van der Waals surface area contributed by atoms with Gasteiger partial charge < -0.3 is 25.8 Å². The van der Waals surface area contributed by atoms with Crippen molar-refractivity contribution >= 4 is 52.4 Å². The van der Waals surface area contributed by atoms with Crippen LogP contribution in [0, 0.1) is 0 Å². The predicted molar refractivity (Wildman–Crippen MR) is 180 cm³/mol. The van der Waals surface area contributed by atoms with Crippen LogP contribution >= 0.6 is 23.4 Å². The van der Waals surface area contributed by atoms with E-state index in [2.05, 4.69) is 43.1 Å². The molecule has 0 radical (unpaired) electrons. The lowest BCUT2D eigenvalue weighted by molar-refractivity contribution is -0.122. The zero-order valence-corrected chi connectivity index (χ0v) is 28.3. The summed E-state index contributed by atoms with van der Waals surface area (Å²) < 4.78 is 1.98. The second-order valence-electron chi connectivity index (χ2n) is 12.4. The third-order valence-electron chi connectivity index (χ3n) is 8.85. The van der Waals surface area contributed by atoms with Crippen LogP contribution in [0.25, 0.3) is 11.2 Å². The van der Waals surface area contributed by atoms with E-state index in [4.69, 9.17) is 11.6 Å². The van der Waals surface area contributed by atoms with Crippen LogP contribution in [0.5, 0.6) is 0 Å². The molecule has 2 aromatic heterocycles. The summed E-state index contributed by atoms with van der Waals surface area (Å²) in [6, 6.07) is 0.381. The number of unbranched alkanes of at least 4 members (excludes halogenated alkanes) is 9. The molecule has 2 fully saturated rings. The van der Waals surface area contributed by atoms with E-state index in [9.17, 15) is 14.4 Å². The van der Waals surface area contributed by atoms with Crippen molar-refractivity contribution in [1.29, 1.82) is 0 Å². The molecule has 4 amide bonds. The van der Waals surface area contributed by atoms with Crippen molar-refractivity contribution in [2.45, 2.75) is 133 Å². The molecule has 45 heavy (non-hydrogen) atoms. The highest BCUT2D eigenvalue weighted by atomic mass is 35.5. The SMILES string of the molecule is CCCCCCCCCC(CC(=O)NCCCCCNC(=O)CCCC[C@@H]1SC[C@@H]2NC(=O)N[C@@H]21)n1cnc2c(Cl)ncnc21. The van der Waals surface area contributed by atoms with Crippen LogP contribution in [0.1, 0.15) is 116 Å². The zero-order valence-electron chi connectivity index (χ0n) is 26.7. The van der Waals surface area contributed by atoms with Gasteiger partial charge in [-0.05, 0) is 38.5 Å². The average molecular weight is 663 g/mol. The molecule has 4 heterocycles. The first-order valence-electron chi connectivity index (χ1n) is 17.0. The predicted octanol–water partition coefficient (Wildman–Crippen LogP) is 5.68. The van der Waals surface area contributed by atoms with Gasteiger partial charge in [-0.15, -0.1) is 0 Å². The second-order valence-corrected chi connectivity index (χ2v) is 14.0. The van der Waals surface area contributed by atoms with Crippen LogP contribution in [-0.4, -0.2) is 73.5 Å². The highest BCUT2D eigenvalue weighted by molar-refractivity contribution is 8.00. The van der Waals surface area contributed by atoms with Gasteiger partial charge in [-0.25, -0.2) is 19.7 Å². The monoisotopic (exact) mass is 662 g/mol. The van der Waals surface area contributed by atoms with Gasteiger partial charge in [0.15, 0.2) is 10.8 Å². The van der Waals surface area contributed by atoms with Gasteiger partial charge in [-0.1, -0.05) is 69.9 Å². The Kier molecular flexibility index (Phi) is 15.0. The molecule has 4 rings (SSSR count). The minimum Gasteiger partial charge on any atom is -0.356 e. The first-order chi connectivity index (χ1) is 22.0. The molecule has 13 heteroatoms. The summed E-state index contributed by atoms with van der Waals surface area (Å²) in [5.74, 6) is 1.09. The van der Waals surface area contributed by atoms with Crippen molar-refractivity contribution in [2.75, 3.05) is 18.8 Å². The number of nitrogens with one attached hydrogen (secondary N) is 4. The summed E-state index contributed by atoms with van der Waals surface area (Å²) in [6.07, 6.45) is 19.0. The first kappa shape index (κ1) is 35.3. The summed E-state index contributed by atoms with van der Waals surface area (Å²) in [5, 5.41) is 12.9. The maximum absolute atomic E-state index is 12.9. The smallest absolute Gasteiger partial charge is 0.315 e. The minimum atomic E-state index is -0.0544. The number of nitrogens with zero attached hydrogens (tertiary/aromatic N) is 4. The molecule has 250 valence electrons. The zero-order chi connectivity index (χ0) is 31.9. The molecular formula is C32H51ClN8O3S. The maximum Gasteiger partial charge on any atom is 0.315 e. The number of hydrogen-bond donors (Lipinski definition) is 4. The molecule has 1 unspecified atom stereocenters. The minimum absolute atomic E-state index is 0.0244. The molecule has 2 aliphatic heterocycles. The van der Waals surface area contributed by atoms with Crippen molar-refractivity contribution in [3.8, 4) is 0 Å². The van der Waals surface area contributed by atoms with E-state index in [0.29, 0.717) is 47.5 Å². The highest BCUT2D eigenvalue weighted by Gasteiger charge is 2.42. The standard InChI is InChI=1S/C32H51ClN8O3S/c1-2-3-4-5-6-7-9-14-23(41-22-38-29-30(33)36-21-37-31(29)41)19-27(43)35-18-13-8-12-17-34-26(42)16-11-10-15-25-28-24(20-45-25)39-32(44)40-28/h21-25,28H,2-20H2,1H3,(H,34,42)(H,35,43)(H2,39,40,44)/t23?,24-,25-,28-/m0/s1. The number of imidazole rings is 1. The molecule has 11 nitrogen and oxygen atoms in total. The van der Waals surface area contributed by atoms with Crippen molar-refractivity contribution in [1.82, 2.24) is 40.8 Å². The number of hydrogen-bond acceptors (Lipinski definition) is 7. The normalized spacial score (nSPS) is 19.7. The molecule has 0 saturated carbocycles. The molecule has 4 atom stereocenters. The van der Waals surface area contributed by atoms with E-state index in [1.165, 1.54) is 38.4 Å². The van der Waals surface area contributed by atoms with E-state index >= 15 is 0 Å². The lowest BCUT2D eigenvalue weighted by Gasteiger charge is -2.19. The molecular weight excluding hydrogens is 612 g/mol. The van der Waals surface area contributed by atoms with Crippen LogP contribution in [0.4, 0.5) is 4.79 Å². The van der Waals surface area contributed by atoms with Crippen molar-refractivity contribution in [3.05, 3.63) is 17.8 Å². The molecule has 2 aliphatic rings. The number of carbonyl (C=O) groups excluding carboxylic acids is 3. The van der Waals surface area contributed by atoms with Gasteiger partial charge >= 0.3 is 6.03 Å². The summed E-state index contributed by atoms with van der Waals surface area (Å²) in [5.41, 5.74) is 1.23. The molecule has 2 aromatic rings. The third-order valence-corrected chi connectivity index (χ3v) is 10.6. The molecule has 2 saturated heterocycles. The van der Waals surface area contributed by atoms with Crippen LogP contribution < -0.4 is 21.3 Å². The van der Waals surface area contributed by atoms with Crippen LogP contribution in [0.2, 0.25) is 5.15 Å². The first-order valence-corrected chi connectivity index (χ1v) is 18.4. The summed E-state index contributed by atoms with van der Waals surface area (Å²) in [6.45, 7) is 3.51. The number of rotatable bonds is 22. The number of thioether (sulfide) groups is 1. The van der Waals surface area contributed by atoms with E-state index in [1.54, 1.807) is 6.33 Å². The van der Waals surface area contributed by atoms with Crippen LogP contribution in [0.15, 0.2) is 12.7 Å². The van der Waals surface area contributed by atoms with Crippen LogP contribution in [0.3, 0.4) is 0 Å². The van der Waals surface area contributed by atoms with Gasteiger partial charge in [0.1, 0.15) is 11.8 Å². The topological polar surface area (TPSA) is 143 Å². The van der Waals surface area contributed by atoms with Gasteiger partial charge in [0.25, 0.3) is 0 Å². The Hall–Kier alpha value is -2.60. The number of aromatic nitrogens is 4. The summed E-state index contributed by atoms with van der Waals surface area (Å²) >= 11 is 8.15. The highest BCUT2D eigenvalue weighted by Crippen LogP contribution is 2.33. The molecule has 0 aliphatic carbocycles. The Morgan fingerprint density at radius 1 is 0.956 bits per heavy atom. The fourth-order valence-corrected chi connectivity index (χ4v) is 8.02. The fraction of sp³-hybridized carbons (Fsp3) is 0.750. The fourth-order valence-electron chi connectivity index (χ4n) is 6.30. The quantitative estimate of drug-likeness (QED) is 0.0722. The number of amides is 4. The second kappa shape index (κ2) is 19.2. The maximum atomic E-state index is 12.9. The van der Waals surface area contributed by atoms with Crippen molar-refractivity contribution in [2.24, 2.45) is 0 Å². The Labute approximate surface area is 276 Å². The van der Waals surface area contributed by atoms with Gasteiger partial charge in [0.05, 0.1) is 18.4 Å². The van der Waals surface area contributed by atoms with E-state index in [1.807, 2.05) is 16.3 Å². The van der Waals surface area contributed by atoms with Gasteiger partial charge in [0, 0.05) is 43.0 Å². The Morgan fingerprint density at radius 2 is 1.69 bits per heavy atom. The van der Waals surface area contributed by atoms with E-state index in [-0.39, 0.29) is 36.0 Å². The summed E-state index contributed by atoms with van der Waals surface area (Å²) in [4.78, 5) is 49.5. The Morgan fingerprint density at radius 3 is 2.49 bits per heavy atom. The van der Waals surface area contributed by atoms with Crippen molar-refractivity contribution < 1.29 is 14.4 Å². The number of urea groups is 1. The average Bonchev–Trinajstić information content (AvgIpc) is 3.73.